The Morgan fingerprint density at radius 3 is 2.38 bits per heavy atom. The van der Waals surface area contributed by atoms with E-state index >= 15 is 0 Å². The molecule has 6 nitrogen and oxygen atoms in total. The van der Waals surface area contributed by atoms with E-state index in [4.69, 9.17) is 9.47 Å². The van der Waals surface area contributed by atoms with Crippen LogP contribution in [0.25, 0.3) is 0 Å². The highest BCUT2D eigenvalue weighted by molar-refractivity contribution is 5.95. The lowest BCUT2D eigenvalue weighted by Gasteiger charge is -2.06. The summed E-state index contributed by atoms with van der Waals surface area (Å²) in [6, 6.07) is 20.7. The first-order valence-corrected chi connectivity index (χ1v) is 8.91. The van der Waals surface area contributed by atoms with Gasteiger partial charge in [-0.15, -0.1) is 0 Å². The van der Waals surface area contributed by atoms with Crippen LogP contribution in [0.5, 0.6) is 11.5 Å². The van der Waals surface area contributed by atoms with Gasteiger partial charge in [-0.05, 0) is 61.0 Å². The number of carbonyl (C=O) groups is 2. The summed E-state index contributed by atoms with van der Waals surface area (Å²) in [5.74, 6) is 0.258. The number of carbonyl (C=O) groups excluding carboxylic acids is 2. The zero-order valence-electron chi connectivity index (χ0n) is 16.1. The van der Waals surface area contributed by atoms with Crippen molar-refractivity contribution in [3.05, 3.63) is 95.1 Å². The van der Waals surface area contributed by atoms with Crippen LogP contribution < -0.4 is 14.9 Å². The van der Waals surface area contributed by atoms with E-state index in [1.807, 2.05) is 19.1 Å². The van der Waals surface area contributed by atoms with Crippen molar-refractivity contribution in [2.45, 2.75) is 6.92 Å². The summed E-state index contributed by atoms with van der Waals surface area (Å²) in [6.07, 6.45) is 1.48. The van der Waals surface area contributed by atoms with Gasteiger partial charge in [0.15, 0.2) is 0 Å². The third-order valence-corrected chi connectivity index (χ3v) is 4.05. The van der Waals surface area contributed by atoms with Crippen molar-refractivity contribution in [1.82, 2.24) is 5.43 Å². The van der Waals surface area contributed by atoms with Crippen LogP contribution in [-0.4, -0.2) is 25.2 Å². The fourth-order valence-electron chi connectivity index (χ4n) is 2.57. The van der Waals surface area contributed by atoms with E-state index < -0.39 is 5.97 Å². The first-order chi connectivity index (χ1) is 14.0. The number of ether oxygens (including phenoxy) is 2. The highest BCUT2D eigenvalue weighted by Crippen LogP contribution is 2.16. The van der Waals surface area contributed by atoms with E-state index in [9.17, 15) is 9.59 Å². The van der Waals surface area contributed by atoms with Crippen molar-refractivity contribution in [1.29, 1.82) is 0 Å². The van der Waals surface area contributed by atoms with E-state index in [0.29, 0.717) is 28.2 Å². The lowest BCUT2D eigenvalue weighted by atomic mass is 10.1. The number of nitrogens with one attached hydrogen (secondary N) is 1. The molecule has 1 amide bonds. The Balaban J connectivity index is 1.62. The molecule has 0 heterocycles. The molecule has 0 aromatic heterocycles. The number of hydrazone groups is 1. The van der Waals surface area contributed by atoms with Crippen LogP contribution >= 0.6 is 0 Å². The molecular weight excluding hydrogens is 368 g/mol. The molecule has 0 saturated heterocycles. The van der Waals surface area contributed by atoms with Gasteiger partial charge in [-0.1, -0.05) is 29.8 Å². The Kier molecular flexibility index (Phi) is 6.37. The molecule has 0 radical (unpaired) electrons. The Bertz CT molecular complexity index is 1040. The van der Waals surface area contributed by atoms with Crippen molar-refractivity contribution in [3.63, 3.8) is 0 Å². The molecule has 0 aliphatic heterocycles. The smallest absolute Gasteiger partial charge is 0.343 e. The van der Waals surface area contributed by atoms with Crippen LogP contribution in [0.4, 0.5) is 0 Å². The number of methoxy groups -OCH3 is 1. The second-order valence-corrected chi connectivity index (χ2v) is 6.26. The molecule has 0 aliphatic rings. The second-order valence-electron chi connectivity index (χ2n) is 6.26. The van der Waals surface area contributed by atoms with Gasteiger partial charge in [-0.25, -0.2) is 10.2 Å². The summed E-state index contributed by atoms with van der Waals surface area (Å²) in [7, 11) is 1.56. The van der Waals surface area contributed by atoms with Crippen LogP contribution in [0.1, 0.15) is 31.8 Å². The molecule has 0 bridgehead atoms. The number of benzene rings is 3. The quantitative estimate of drug-likeness (QED) is 0.300. The van der Waals surface area contributed by atoms with Crippen LogP contribution in [0.3, 0.4) is 0 Å². The second kappa shape index (κ2) is 9.32. The maximum atomic E-state index is 12.3. The summed E-state index contributed by atoms with van der Waals surface area (Å²) in [6.45, 7) is 1.92. The predicted molar refractivity (Wildman–Crippen MR) is 111 cm³/mol. The molecule has 0 atom stereocenters. The van der Waals surface area contributed by atoms with Gasteiger partial charge in [0.1, 0.15) is 11.5 Å². The number of hydrogen-bond donors (Lipinski definition) is 1. The van der Waals surface area contributed by atoms with Gasteiger partial charge in [0.25, 0.3) is 5.91 Å². The summed E-state index contributed by atoms with van der Waals surface area (Å²) in [5, 5.41) is 3.97. The molecular formula is C23H20N2O4. The zero-order chi connectivity index (χ0) is 20.6. The minimum Gasteiger partial charge on any atom is -0.497 e. The molecule has 0 fully saturated rings. The van der Waals surface area contributed by atoms with Gasteiger partial charge in [0.2, 0.25) is 0 Å². The van der Waals surface area contributed by atoms with Crippen molar-refractivity contribution in [2.24, 2.45) is 5.10 Å². The van der Waals surface area contributed by atoms with E-state index in [-0.39, 0.29) is 5.91 Å². The summed E-state index contributed by atoms with van der Waals surface area (Å²) >= 11 is 0. The molecule has 146 valence electrons. The van der Waals surface area contributed by atoms with Crippen LogP contribution in [0.15, 0.2) is 77.9 Å². The number of esters is 1. The molecule has 0 unspecified atom stereocenters. The highest BCUT2D eigenvalue weighted by Gasteiger charge is 2.09. The molecule has 1 N–H and O–H groups in total. The molecule has 29 heavy (non-hydrogen) atoms. The Labute approximate surface area is 168 Å². The maximum absolute atomic E-state index is 12.3. The Morgan fingerprint density at radius 1 is 0.897 bits per heavy atom. The molecule has 0 spiro atoms. The minimum absolute atomic E-state index is 0.299. The van der Waals surface area contributed by atoms with Crippen molar-refractivity contribution < 1.29 is 19.1 Å². The highest BCUT2D eigenvalue weighted by atomic mass is 16.5. The first-order valence-electron chi connectivity index (χ1n) is 8.91. The molecule has 0 aliphatic carbocycles. The molecule has 0 saturated carbocycles. The Hall–Kier alpha value is -3.93. The number of hydrogen-bond acceptors (Lipinski definition) is 5. The molecule has 3 aromatic rings. The topological polar surface area (TPSA) is 77.0 Å². The van der Waals surface area contributed by atoms with Crippen LogP contribution in [0.2, 0.25) is 0 Å². The number of nitrogens with zero attached hydrogens (tertiary/aromatic N) is 1. The summed E-state index contributed by atoms with van der Waals surface area (Å²) in [5.41, 5.74) is 5.10. The fraction of sp³-hybridized carbons (Fsp3) is 0.0870. The summed E-state index contributed by atoms with van der Waals surface area (Å²) in [4.78, 5) is 24.4. The number of amides is 1. The average Bonchev–Trinajstić information content (AvgIpc) is 2.74. The standard InChI is InChI=1S/C23H20N2O4/c1-16-5-3-7-19(13-16)22(26)25-24-15-17-6-4-8-21(14-17)29-23(27)18-9-11-20(28-2)12-10-18/h3-15H,1-2H3,(H,25,26)/b24-15+. The lowest BCUT2D eigenvalue weighted by Crippen LogP contribution is -2.17. The Morgan fingerprint density at radius 2 is 1.66 bits per heavy atom. The van der Waals surface area contributed by atoms with Gasteiger partial charge >= 0.3 is 5.97 Å². The third kappa shape index (κ3) is 5.52. The van der Waals surface area contributed by atoms with Gasteiger partial charge in [0.05, 0.1) is 18.9 Å². The zero-order valence-corrected chi connectivity index (χ0v) is 16.1. The van der Waals surface area contributed by atoms with Gasteiger partial charge < -0.3 is 9.47 Å². The van der Waals surface area contributed by atoms with E-state index in [1.54, 1.807) is 67.8 Å². The SMILES string of the molecule is COc1ccc(C(=O)Oc2cccc(/C=N/NC(=O)c3cccc(C)c3)c2)cc1. The number of aryl methyl sites for hydroxylation is 1. The average molecular weight is 388 g/mol. The van der Waals surface area contributed by atoms with E-state index in [1.165, 1.54) is 6.21 Å². The largest absolute Gasteiger partial charge is 0.497 e. The number of rotatable bonds is 6. The monoisotopic (exact) mass is 388 g/mol. The fourth-order valence-corrected chi connectivity index (χ4v) is 2.57. The molecule has 3 rings (SSSR count). The van der Waals surface area contributed by atoms with Crippen LogP contribution in [0, 0.1) is 6.92 Å². The van der Waals surface area contributed by atoms with Crippen molar-refractivity contribution in [3.8, 4) is 11.5 Å². The van der Waals surface area contributed by atoms with Crippen LogP contribution in [-0.2, 0) is 0 Å². The maximum Gasteiger partial charge on any atom is 0.343 e. The lowest BCUT2D eigenvalue weighted by molar-refractivity contribution is 0.0734. The normalized spacial score (nSPS) is 10.6. The third-order valence-electron chi connectivity index (χ3n) is 4.05. The van der Waals surface area contributed by atoms with E-state index in [0.717, 1.165) is 5.56 Å². The van der Waals surface area contributed by atoms with Crippen molar-refractivity contribution >= 4 is 18.1 Å². The summed E-state index contributed by atoms with van der Waals surface area (Å²) < 4.78 is 10.5. The molecule has 3 aromatic carbocycles. The van der Waals surface area contributed by atoms with Gasteiger partial charge in [-0.3, -0.25) is 4.79 Å². The van der Waals surface area contributed by atoms with Gasteiger partial charge in [0, 0.05) is 5.56 Å². The molecule has 6 heteroatoms. The van der Waals surface area contributed by atoms with E-state index in [2.05, 4.69) is 10.5 Å². The van der Waals surface area contributed by atoms with Crippen molar-refractivity contribution in [2.75, 3.05) is 7.11 Å². The minimum atomic E-state index is -0.477. The van der Waals surface area contributed by atoms with Gasteiger partial charge in [-0.2, -0.15) is 5.10 Å². The first kappa shape index (κ1) is 19.8. The predicted octanol–water partition coefficient (Wildman–Crippen LogP) is 3.99.